The summed E-state index contributed by atoms with van der Waals surface area (Å²) in [5.41, 5.74) is 5.21. The van der Waals surface area contributed by atoms with E-state index < -0.39 is 0 Å². The molecular weight excluding hydrogens is 440 g/mol. The lowest BCUT2D eigenvalue weighted by atomic mass is 10.1. The number of rotatable bonds is 7. The molecule has 0 saturated carbocycles. The van der Waals surface area contributed by atoms with E-state index in [-0.39, 0.29) is 12.5 Å². The second kappa shape index (κ2) is 9.69. The Morgan fingerprint density at radius 3 is 2.54 bits per heavy atom. The number of hydrogen-bond acceptors (Lipinski definition) is 5. The van der Waals surface area contributed by atoms with Crippen LogP contribution >= 0.6 is 0 Å². The van der Waals surface area contributed by atoms with E-state index in [0.29, 0.717) is 28.4 Å². The molecule has 0 bridgehead atoms. The van der Waals surface area contributed by atoms with E-state index >= 15 is 0 Å². The standard InChI is InChI=1S/C28H24N4O3/c1-19-23(12-13-24(29-19)20-8-4-3-5-9-20)28(33)31-21-11-14-25(34-2)26(16-21)35-18-22-17-32-15-7-6-10-27(32)30-22/h3-17H,18H2,1-2H3,(H,31,33). The van der Waals surface area contributed by atoms with Gasteiger partial charge >= 0.3 is 0 Å². The number of aromatic nitrogens is 3. The van der Waals surface area contributed by atoms with Gasteiger partial charge in [-0.15, -0.1) is 0 Å². The van der Waals surface area contributed by atoms with Crippen molar-refractivity contribution in [1.29, 1.82) is 0 Å². The second-order valence-electron chi connectivity index (χ2n) is 8.00. The van der Waals surface area contributed by atoms with Crippen LogP contribution in [0.4, 0.5) is 5.69 Å². The number of hydrogen-bond donors (Lipinski definition) is 1. The Balaban J connectivity index is 1.32. The van der Waals surface area contributed by atoms with Crippen LogP contribution in [-0.4, -0.2) is 27.4 Å². The fourth-order valence-electron chi connectivity index (χ4n) is 3.84. The number of fused-ring (bicyclic) bond motifs is 1. The minimum Gasteiger partial charge on any atom is -0.493 e. The van der Waals surface area contributed by atoms with Gasteiger partial charge in [0, 0.05) is 29.7 Å². The third kappa shape index (κ3) is 4.84. The van der Waals surface area contributed by atoms with Crippen LogP contribution in [0.25, 0.3) is 16.9 Å². The molecule has 0 aliphatic carbocycles. The first-order chi connectivity index (χ1) is 17.1. The van der Waals surface area contributed by atoms with Crippen molar-refractivity contribution < 1.29 is 14.3 Å². The Hall–Kier alpha value is -4.65. The second-order valence-corrected chi connectivity index (χ2v) is 8.00. The first-order valence-electron chi connectivity index (χ1n) is 11.2. The molecule has 0 radical (unpaired) electrons. The van der Waals surface area contributed by atoms with Crippen molar-refractivity contribution in [3.8, 4) is 22.8 Å². The van der Waals surface area contributed by atoms with Crippen LogP contribution in [0.2, 0.25) is 0 Å². The van der Waals surface area contributed by atoms with Crippen molar-refractivity contribution in [1.82, 2.24) is 14.4 Å². The molecule has 5 rings (SSSR count). The number of nitrogens with one attached hydrogen (secondary N) is 1. The summed E-state index contributed by atoms with van der Waals surface area (Å²) in [6.45, 7) is 2.10. The highest BCUT2D eigenvalue weighted by atomic mass is 16.5. The average Bonchev–Trinajstić information content (AvgIpc) is 3.31. The van der Waals surface area contributed by atoms with Gasteiger partial charge in [-0.25, -0.2) is 4.98 Å². The van der Waals surface area contributed by atoms with E-state index in [1.807, 2.05) is 78.3 Å². The smallest absolute Gasteiger partial charge is 0.257 e. The van der Waals surface area contributed by atoms with Gasteiger partial charge in [-0.3, -0.25) is 9.78 Å². The number of amides is 1. The minimum atomic E-state index is -0.244. The molecule has 0 unspecified atom stereocenters. The van der Waals surface area contributed by atoms with Crippen molar-refractivity contribution in [2.75, 3.05) is 12.4 Å². The van der Waals surface area contributed by atoms with E-state index in [1.165, 1.54) is 0 Å². The van der Waals surface area contributed by atoms with Gasteiger partial charge in [-0.05, 0) is 43.3 Å². The van der Waals surface area contributed by atoms with Gasteiger partial charge in [-0.2, -0.15) is 0 Å². The monoisotopic (exact) mass is 464 g/mol. The van der Waals surface area contributed by atoms with Gasteiger partial charge in [0.1, 0.15) is 12.3 Å². The largest absolute Gasteiger partial charge is 0.493 e. The zero-order valence-electron chi connectivity index (χ0n) is 19.4. The van der Waals surface area contributed by atoms with Gasteiger partial charge in [-0.1, -0.05) is 36.4 Å². The zero-order valence-corrected chi connectivity index (χ0v) is 19.4. The van der Waals surface area contributed by atoms with Crippen LogP contribution < -0.4 is 14.8 Å². The Labute approximate surface area is 203 Å². The van der Waals surface area contributed by atoms with Crippen molar-refractivity contribution in [2.45, 2.75) is 13.5 Å². The number of carbonyl (C=O) groups is 1. The molecular formula is C28H24N4O3. The molecule has 2 aromatic carbocycles. The van der Waals surface area contributed by atoms with Crippen molar-refractivity contribution in [3.05, 3.63) is 108 Å². The first-order valence-corrected chi connectivity index (χ1v) is 11.2. The lowest BCUT2D eigenvalue weighted by molar-refractivity contribution is 0.102. The van der Waals surface area contributed by atoms with Gasteiger partial charge in [0.25, 0.3) is 5.91 Å². The van der Waals surface area contributed by atoms with Crippen LogP contribution in [-0.2, 0) is 6.61 Å². The fraction of sp³-hybridized carbons (Fsp3) is 0.107. The predicted molar refractivity (Wildman–Crippen MR) is 135 cm³/mol. The van der Waals surface area contributed by atoms with E-state index in [9.17, 15) is 4.79 Å². The summed E-state index contributed by atoms with van der Waals surface area (Å²) in [6, 6.07) is 24.6. The SMILES string of the molecule is COc1ccc(NC(=O)c2ccc(-c3ccccc3)nc2C)cc1OCc1cn2ccccc2n1. The molecule has 1 amide bonds. The topological polar surface area (TPSA) is 77.8 Å². The first kappa shape index (κ1) is 22.2. The molecule has 1 N–H and O–H groups in total. The normalized spacial score (nSPS) is 10.8. The molecule has 0 spiro atoms. The molecule has 3 aromatic heterocycles. The van der Waals surface area contributed by atoms with E-state index in [0.717, 1.165) is 22.6 Å². The van der Waals surface area contributed by atoms with Crippen molar-refractivity contribution >= 4 is 17.2 Å². The van der Waals surface area contributed by atoms with Gasteiger partial charge in [0.05, 0.1) is 29.8 Å². The number of carbonyl (C=O) groups excluding carboxylic acids is 1. The zero-order chi connectivity index (χ0) is 24.2. The maximum absolute atomic E-state index is 13.0. The molecule has 35 heavy (non-hydrogen) atoms. The van der Waals surface area contributed by atoms with Crippen molar-refractivity contribution in [2.24, 2.45) is 0 Å². The lowest BCUT2D eigenvalue weighted by Crippen LogP contribution is -2.14. The Morgan fingerprint density at radius 1 is 0.943 bits per heavy atom. The maximum Gasteiger partial charge on any atom is 0.257 e. The van der Waals surface area contributed by atoms with Crippen LogP contribution in [0.15, 0.2) is 91.3 Å². The summed E-state index contributed by atoms with van der Waals surface area (Å²) in [6.07, 6.45) is 3.86. The van der Waals surface area contributed by atoms with E-state index in [4.69, 9.17) is 9.47 Å². The third-order valence-corrected chi connectivity index (χ3v) is 5.61. The molecule has 0 aliphatic rings. The van der Waals surface area contributed by atoms with Crippen LogP contribution in [0.1, 0.15) is 21.7 Å². The summed E-state index contributed by atoms with van der Waals surface area (Å²) in [5, 5.41) is 2.94. The van der Waals surface area contributed by atoms with Gasteiger partial charge in [0.15, 0.2) is 11.5 Å². The highest BCUT2D eigenvalue weighted by Crippen LogP contribution is 2.31. The molecule has 174 valence electrons. The fourth-order valence-corrected chi connectivity index (χ4v) is 3.84. The number of nitrogens with zero attached hydrogens (tertiary/aromatic N) is 3. The molecule has 0 saturated heterocycles. The highest BCUT2D eigenvalue weighted by Gasteiger charge is 2.14. The number of anilines is 1. The summed E-state index contributed by atoms with van der Waals surface area (Å²) in [5.74, 6) is 0.833. The molecule has 5 aromatic rings. The van der Waals surface area contributed by atoms with Crippen LogP contribution in [0.5, 0.6) is 11.5 Å². The maximum atomic E-state index is 13.0. The summed E-state index contributed by atoms with van der Waals surface area (Å²) in [4.78, 5) is 22.2. The molecule has 0 fully saturated rings. The third-order valence-electron chi connectivity index (χ3n) is 5.61. The average molecular weight is 465 g/mol. The summed E-state index contributed by atoms with van der Waals surface area (Å²) in [7, 11) is 1.58. The predicted octanol–water partition coefficient (Wildman–Crippen LogP) is 5.54. The molecule has 7 nitrogen and oxygen atoms in total. The van der Waals surface area contributed by atoms with E-state index in [1.54, 1.807) is 31.4 Å². The van der Waals surface area contributed by atoms with Crippen molar-refractivity contribution in [3.63, 3.8) is 0 Å². The number of pyridine rings is 2. The Bertz CT molecular complexity index is 1460. The van der Waals surface area contributed by atoms with Gasteiger partial charge in [0.2, 0.25) is 0 Å². The Kier molecular flexibility index (Phi) is 6.13. The highest BCUT2D eigenvalue weighted by molar-refractivity contribution is 6.05. The quantitative estimate of drug-likeness (QED) is 0.342. The number of aryl methyl sites for hydroxylation is 1. The van der Waals surface area contributed by atoms with E-state index in [2.05, 4.69) is 15.3 Å². The Morgan fingerprint density at radius 2 is 1.77 bits per heavy atom. The molecule has 7 heteroatoms. The molecule has 0 aliphatic heterocycles. The summed E-state index contributed by atoms with van der Waals surface area (Å²) < 4.78 is 13.4. The minimum absolute atomic E-state index is 0.244. The number of imidazole rings is 1. The van der Waals surface area contributed by atoms with Gasteiger partial charge < -0.3 is 19.2 Å². The number of methoxy groups -OCH3 is 1. The van der Waals surface area contributed by atoms with Crippen LogP contribution in [0, 0.1) is 6.92 Å². The lowest BCUT2D eigenvalue weighted by Gasteiger charge is -2.13. The van der Waals surface area contributed by atoms with Crippen LogP contribution in [0.3, 0.4) is 0 Å². The number of ether oxygens (including phenoxy) is 2. The molecule has 0 atom stereocenters. The number of benzene rings is 2. The summed E-state index contributed by atoms with van der Waals surface area (Å²) >= 11 is 0. The molecule has 3 heterocycles.